The molecule has 1 atom stereocenters. The fourth-order valence-corrected chi connectivity index (χ4v) is 1.88. The minimum Gasteiger partial charge on any atom is -0.324 e. The van der Waals surface area contributed by atoms with Gasteiger partial charge in [0, 0.05) is 24.5 Å². The second kappa shape index (κ2) is 5.23. The van der Waals surface area contributed by atoms with Gasteiger partial charge < -0.3 is 5.73 Å². The molecule has 0 fully saturated rings. The summed E-state index contributed by atoms with van der Waals surface area (Å²) >= 11 is 0. The number of hydrogen-bond acceptors (Lipinski definition) is 2. The van der Waals surface area contributed by atoms with Crippen LogP contribution >= 0.6 is 0 Å². The lowest BCUT2D eigenvalue weighted by Gasteiger charge is -2.12. The van der Waals surface area contributed by atoms with Gasteiger partial charge in [-0.15, -0.1) is 0 Å². The molecule has 1 heterocycles. The van der Waals surface area contributed by atoms with Crippen molar-refractivity contribution in [3.05, 3.63) is 65.0 Å². The fourth-order valence-electron chi connectivity index (χ4n) is 1.88. The standard InChI is InChI=1S/C14H14F2N2/c1-9-2-11(8-18-7-9)14(17)5-10-3-12(15)6-13(16)4-10/h2-4,6-8,14H,5,17H2,1H3. The van der Waals surface area contributed by atoms with Gasteiger partial charge in [0.05, 0.1) is 0 Å². The van der Waals surface area contributed by atoms with Crippen LogP contribution < -0.4 is 5.73 Å². The first-order valence-electron chi connectivity index (χ1n) is 5.66. The lowest BCUT2D eigenvalue weighted by atomic mass is 10.00. The lowest BCUT2D eigenvalue weighted by molar-refractivity contribution is 0.576. The van der Waals surface area contributed by atoms with Crippen molar-refractivity contribution in [2.45, 2.75) is 19.4 Å². The van der Waals surface area contributed by atoms with Gasteiger partial charge in [-0.25, -0.2) is 8.78 Å². The van der Waals surface area contributed by atoms with Crippen molar-refractivity contribution in [2.75, 3.05) is 0 Å². The predicted octanol–water partition coefficient (Wildman–Crippen LogP) is 2.91. The van der Waals surface area contributed by atoms with E-state index >= 15 is 0 Å². The number of hydrogen-bond donors (Lipinski definition) is 1. The van der Waals surface area contributed by atoms with Crippen molar-refractivity contribution in [3.63, 3.8) is 0 Å². The van der Waals surface area contributed by atoms with E-state index in [4.69, 9.17) is 5.73 Å². The van der Waals surface area contributed by atoms with Crippen LogP contribution in [0.15, 0.2) is 36.7 Å². The molecule has 0 radical (unpaired) electrons. The number of rotatable bonds is 3. The molecule has 0 spiro atoms. The van der Waals surface area contributed by atoms with Crippen LogP contribution in [0.1, 0.15) is 22.7 Å². The van der Waals surface area contributed by atoms with Crippen molar-refractivity contribution in [1.29, 1.82) is 0 Å². The molecule has 0 amide bonds. The summed E-state index contributed by atoms with van der Waals surface area (Å²) in [5, 5.41) is 0. The second-order valence-corrected chi connectivity index (χ2v) is 4.38. The van der Waals surface area contributed by atoms with E-state index in [2.05, 4.69) is 4.98 Å². The first-order valence-corrected chi connectivity index (χ1v) is 5.66. The highest BCUT2D eigenvalue weighted by Crippen LogP contribution is 2.17. The summed E-state index contributed by atoms with van der Waals surface area (Å²) in [6, 6.07) is 5.05. The zero-order chi connectivity index (χ0) is 13.1. The quantitative estimate of drug-likeness (QED) is 0.907. The Morgan fingerprint density at radius 3 is 2.39 bits per heavy atom. The summed E-state index contributed by atoms with van der Waals surface area (Å²) in [6.07, 6.45) is 3.78. The number of halogens is 2. The molecule has 1 unspecified atom stereocenters. The van der Waals surface area contributed by atoms with E-state index in [9.17, 15) is 8.78 Å². The van der Waals surface area contributed by atoms with Gasteiger partial charge in [-0.1, -0.05) is 6.07 Å². The molecule has 2 aromatic rings. The van der Waals surface area contributed by atoms with Crippen molar-refractivity contribution in [1.82, 2.24) is 4.98 Å². The minimum absolute atomic E-state index is 0.321. The average Bonchev–Trinajstić information content (AvgIpc) is 2.27. The van der Waals surface area contributed by atoms with Gasteiger partial charge in [0.1, 0.15) is 11.6 Å². The van der Waals surface area contributed by atoms with E-state index in [1.54, 1.807) is 12.4 Å². The highest BCUT2D eigenvalue weighted by Gasteiger charge is 2.09. The van der Waals surface area contributed by atoms with Crippen LogP contribution in [0.4, 0.5) is 8.78 Å². The van der Waals surface area contributed by atoms with Crippen molar-refractivity contribution in [3.8, 4) is 0 Å². The van der Waals surface area contributed by atoms with Crippen LogP contribution in [0, 0.1) is 18.6 Å². The molecule has 0 bridgehead atoms. The van der Waals surface area contributed by atoms with E-state index in [1.807, 2.05) is 13.0 Å². The molecular formula is C14H14F2N2. The Bertz CT molecular complexity index is 535. The summed E-state index contributed by atoms with van der Waals surface area (Å²) in [6.45, 7) is 1.92. The Morgan fingerprint density at radius 2 is 1.78 bits per heavy atom. The van der Waals surface area contributed by atoms with Crippen molar-refractivity contribution >= 4 is 0 Å². The Balaban J connectivity index is 2.18. The lowest BCUT2D eigenvalue weighted by Crippen LogP contribution is -2.14. The molecule has 1 aromatic carbocycles. The fraction of sp³-hybridized carbons (Fsp3) is 0.214. The molecule has 2 nitrogen and oxygen atoms in total. The molecule has 0 aliphatic carbocycles. The molecule has 1 aromatic heterocycles. The topological polar surface area (TPSA) is 38.9 Å². The summed E-state index contributed by atoms with van der Waals surface area (Å²) in [5.74, 6) is -1.17. The van der Waals surface area contributed by atoms with Crippen LogP contribution in [0.25, 0.3) is 0 Å². The molecule has 2 rings (SSSR count). The van der Waals surface area contributed by atoms with Crippen LogP contribution in [0.2, 0.25) is 0 Å². The third-order valence-electron chi connectivity index (χ3n) is 2.70. The summed E-state index contributed by atoms with van der Waals surface area (Å²) in [7, 11) is 0. The SMILES string of the molecule is Cc1cncc(C(N)Cc2cc(F)cc(F)c2)c1. The van der Waals surface area contributed by atoms with Gasteiger partial charge in [-0.3, -0.25) is 4.98 Å². The number of nitrogens with two attached hydrogens (primary N) is 1. The van der Waals surface area contributed by atoms with E-state index in [1.165, 1.54) is 12.1 Å². The van der Waals surface area contributed by atoms with Crippen LogP contribution in [0.3, 0.4) is 0 Å². The largest absolute Gasteiger partial charge is 0.324 e. The van der Waals surface area contributed by atoms with Crippen molar-refractivity contribution < 1.29 is 8.78 Å². The van der Waals surface area contributed by atoms with Gasteiger partial charge >= 0.3 is 0 Å². The normalized spacial score (nSPS) is 12.4. The van der Waals surface area contributed by atoms with Gasteiger partial charge in [0.2, 0.25) is 0 Å². The summed E-state index contributed by atoms with van der Waals surface area (Å²) in [5.41, 5.74) is 8.42. The predicted molar refractivity (Wildman–Crippen MR) is 66.0 cm³/mol. The average molecular weight is 248 g/mol. The summed E-state index contributed by atoms with van der Waals surface area (Å²) < 4.78 is 26.1. The van der Waals surface area contributed by atoms with E-state index in [-0.39, 0.29) is 6.04 Å². The molecule has 0 saturated carbocycles. The Kier molecular flexibility index (Phi) is 3.67. The number of aromatic nitrogens is 1. The van der Waals surface area contributed by atoms with Gasteiger partial charge in [-0.2, -0.15) is 0 Å². The molecular weight excluding hydrogens is 234 g/mol. The summed E-state index contributed by atoms with van der Waals surface area (Å²) in [4.78, 5) is 4.05. The van der Waals surface area contributed by atoms with Gasteiger partial charge in [0.25, 0.3) is 0 Å². The molecule has 2 N–H and O–H groups in total. The van der Waals surface area contributed by atoms with Gasteiger partial charge in [-0.05, 0) is 42.2 Å². The smallest absolute Gasteiger partial charge is 0.126 e. The van der Waals surface area contributed by atoms with Crippen molar-refractivity contribution in [2.24, 2.45) is 5.73 Å². The maximum atomic E-state index is 13.1. The van der Waals surface area contributed by atoms with Gasteiger partial charge in [0.15, 0.2) is 0 Å². The molecule has 0 saturated heterocycles. The van der Waals surface area contributed by atoms with E-state index in [0.29, 0.717) is 12.0 Å². The molecule has 0 aliphatic heterocycles. The molecule has 94 valence electrons. The molecule has 18 heavy (non-hydrogen) atoms. The third kappa shape index (κ3) is 3.11. The number of nitrogens with zero attached hydrogens (tertiary/aromatic N) is 1. The Hall–Kier alpha value is -1.81. The van der Waals surface area contributed by atoms with Crippen LogP contribution in [-0.2, 0) is 6.42 Å². The number of pyridine rings is 1. The number of benzene rings is 1. The highest BCUT2D eigenvalue weighted by atomic mass is 19.1. The monoisotopic (exact) mass is 248 g/mol. The maximum Gasteiger partial charge on any atom is 0.126 e. The Morgan fingerprint density at radius 1 is 1.11 bits per heavy atom. The molecule has 4 heteroatoms. The third-order valence-corrected chi connectivity index (χ3v) is 2.70. The van der Waals surface area contributed by atoms with Crippen LogP contribution in [0.5, 0.6) is 0 Å². The zero-order valence-corrected chi connectivity index (χ0v) is 10.0. The second-order valence-electron chi connectivity index (χ2n) is 4.38. The first kappa shape index (κ1) is 12.6. The van der Waals surface area contributed by atoms with E-state index in [0.717, 1.165) is 17.2 Å². The highest BCUT2D eigenvalue weighted by molar-refractivity contribution is 5.24. The first-order chi connectivity index (χ1) is 8.54. The maximum absolute atomic E-state index is 13.1. The van der Waals surface area contributed by atoms with Crippen LogP contribution in [-0.4, -0.2) is 4.98 Å². The molecule has 0 aliphatic rings. The number of aryl methyl sites for hydroxylation is 1. The minimum atomic E-state index is -0.584. The zero-order valence-electron chi connectivity index (χ0n) is 10.0. The van der Waals surface area contributed by atoms with E-state index < -0.39 is 11.6 Å². The Labute approximate surface area is 104 Å².